The van der Waals surface area contributed by atoms with Gasteiger partial charge in [0.05, 0.1) is 30.7 Å². The first-order valence-corrected chi connectivity index (χ1v) is 12.6. The zero-order chi connectivity index (χ0) is 26.7. The third kappa shape index (κ3) is 6.31. The minimum Gasteiger partial charge on any atom is -0.469 e. The number of carbonyl (C=O) groups excluding carboxylic acids is 2. The van der Waals surface area contributed by atoms with E-state index in [1.165, 1.54) is 67.7 Å². The van der Waals surface area contributed by atoms with Crippen LogP contribution in [0.3, 0.4) is 0 Å². The highest BCUT2D eigenvalue weighted by atomic mass is 32.2. The highest BCUT2D eigenvalue weighted by Gasteiger charge is 2.25. The molecule has 0 atom stereocenters. The van der Waals surface area contributed by atoms with Gasteiger partial charge in [0.2, 0.25) is 0 Å². The van der Waals surface area contributed by atoms with Crippen LogP contribution in [0.15, 0.2) is 65.7 Å². The molecule has 1 amide bonds. The molecular weight excluding hydrogens is 487 g/mol. The molecule has 0 aliphatic carbocycles. The molecule has 0 saturated carbocycles. The standard InChI is InChI=1S/C26H29FN2O6S/c1-26(2,3)35-25(31)28(4)16-19-14-23(21-11-6-7-12-22(21)27)29(17-19)36(32,33)20-10-8-9-18(13-20)15-24(30)34-5/h6-14,17H,15-16H2,1-5H3. The van der Waals surface area contributed by atoms with Crippen LogP contribution in [-0.4, -0.2) is 49.1 Å². The van der Waals surface area contributed by atoms with Crippen LogP contribution in [0.1, 0.15) is 31.9 Å². The van der Waals surface area contributed by atoms with Gasteiger partial charge in [-0.2, -0.15) is 0 Å². The van der Waals surface area contributed by atoms with Crippen LogP contribution in [0.4, 0.5) is 9.18 Å². The summed E-state index contributed by atoms with van der Waals surface area (Å²) in [6, 6.07) is 13.3. The molecule has 0 saturated heterocycles. The van der Waals surface area contributed by atoms with Crippen molar-refractivity contribution in [2.24, 2.45) is 0 Å². The Kier molecular flexibility index (Phi) is 7.88. The van der Waals surface area contributed by atoms with Crippen LogP contribution in [0.2, 0.25) is 0 Å². The van der Waals surface area contributed by atoms with E-state index in [-0.39, 0.29) is 29.1 Å². The van der Waals surface area contributed by atoms with Crippen LogP contribution in [0.25, 0.3) is 11.3 Å². The molecule has 0 bridgehead atoms. The zero-order valence-electron chi connectivity index (χ0n) is 20.8. The van der Waals surface area contributed by atoms with Gasteiger partial charge in [-0.05, 0) is 62.2 Å². The molecule has 8 nitrogen and oxygen atoms in total. The monoisotopic (exact) mass is 516 g/mol. The summed E-state index contributed by atoms with van der Waals surface area (Å²) in [6.45, 7) is 5.26. The van der Waals surface area contributed by atoms with Crippen molar-refractivity contribution in [2.45, 2.75) is 44.2 Å². The number of amides is 1. The number of halogens is 1. The molecule has 0 aliphatic heterocycles. The second-order valence-electron chi connectivity index (χ2n) is 9.25. The van der Waals surface area contributed by atoms with E-state index in [0.717, 1.165) is 3.97 Å². The first-order chi connectivity index (χ1) is 16.8. The number of esters is 1. The Labute approximate surface area is 210 Å². The summed E-state index contributed by atoms with van der Waals surface area (Å²) in [5, 5.41) is 0. The molecule has 1 heterocycles. The number of rotatable bonds is 7. The van der Waals surface area contributed by atoms with Crippen LogP contribution in [0.5, 0.6) is 0 Å². The molecule has 0 unspecified atom stereocenters. The normalized spacial score (nSPS) is 11.7. The fourth-order valence-corrected chi connectivity index (χ4v) is 4.96. The highest BCUT2D eigenvalue weighted by molar-refractivity contribution is 7.90. The number of aromatic nitrogens is 1. The van der Waals surface area contributed by atoms with Crippen molar-refractivity contribution in [1.29, 1.82) is 0 Å². The Morgan fingerprint density at radius 1 is 1.03 bits per heavy atom. The van der Waals surface area contributed by atoms with Crippen LogP contribution < -0.4 is 0 Å². The lowest BCUT2D eigenvalue weighted by Crippen LogP contribution is -2.33. The predicted octanol–water partition coefficient (Wildman–Crippen LogP) is 4.61. The summed E-state index contributed by atoms with van der Waals surface area (Å²) in [7, 11) is -1.42. The second-order valence-corrected chi connectivity index (χ2v) is 11.1. The van der Waals surface area contributed by atoms with E-state index in [0.29, 0.717) is 11.1 Å². The van der Waals surface area contributed by atoms with Gasteiger partial charge < -0.3 is 14.4 Å². The molecule has 0 radical (unpaired) electrons. The van der Waals surface area contributed by atoms with E-state index in [9.17, 15) is 22.4 Å². The van der Waals surface area contributed by atoms with Crippen molar-refractivity contribution in [3.63, 3.8) is 0 Å². The smallest absolute Gasteiger partial charge is 0.410 e. The fourth-order valence-electron chi connectivity index (χ4n) is 3.49. The molecule has 0 N–H and O–H groups in total. The Bertz CT molecular complexity index is 1380. The average Bonchev–Trinajstić information content (AvgIpc) is 3.22. The van der Waals surface area contributed by atoms with E-state index < -0.39 is 33.5 Å². The second kappa shape index (κ2) is 10.5. The fraction of sp³-hybridized carbons (Fsp3) is 0.308. The summed E-state index contributed by atoms with van der Waals surface area (Å²) < 4.78 is 53.1. The summed E-state index contributed by atoms with van der Waals surface area (Å²) in [5.74, 6) is -1.11. The third-order valence-corrected chi connectivity index (χ3v) is 6.82. The van der Waals surface area contributed by atoms with Crippen LogP contribution >= 0.6 is 0 Å². The van der Waals surface area contributed by atoms with Crippen molar-refractivity contribution in [3.8, 4) is 11.3 Å². The molecule has 3 aromatic rings. The maximum atomic E-state index is 14.7. The molecular formula is C26H29FN2O6S. The minimum atomic E-state index is -4.20. The summed E-state index contributed by atoms with van der Waals surface area (Å²) >= 11 is 0. The molecule has 192 valence electrons. The summed E-state index contributed by atoms with van der Waals surface area (Å²) in [5.41, 5.74) is 0.383. The number of methoxy groups -OCH3 is 1. The zero-order valence-corrected chi connectivity index (χ0v) is 21.6. The third-order valence-electron chi connectivity index (χ3n) is 5.15. The summed E-state index contributed by atoms with van der Waals surface area (Å²) in [6.07, 6.45) is 0.670. The number of hydrogen-bond acceptors (Lipinski definition) is 6. The van der Waals surface area contributed by atoms with Gasteiger partial charge in [0.25, 0.3) is 10.0 Å². The maximum Gasteiger partial charge on any atom is 0.410 e. The molecule has 0 aliphatic rings. The predicted molar refractivity (Wildman–Crippen MR) is 132 cm³/mol. The van der Waals surface area contributed by atoms with E-state index in [4.69, 9.17) is 4.74 Å². The summed E-state index contributed by atoms with van der Waals surface area (Å²) in [4.78, 5) is 25.3. The van der Waals surface area contributed by atoms with Gasteiger partial charge in [-0.1, -0.05) is 24.3 Å². The molecule has 2 aromatic carbocycles. The lowest BCUT2D eigenvalue weighted by molar-refractivity contribution is -0.139. The first-order valence-electron chi connectivity index (χ1n) is 11.1. The van der Waals surface area contributed by atoms with Crippen LogP contribution in [0, 0.1) is 5.82 Å². The Morgan fingerprint density at radius 2 is 1.72 bits per heavy atom. The minimum absolute atomic E-state index is 0.0290. The number of benzene rings is 2. The first kappa shape index (κ1) is 26.9. The van der Waals surface area contributed by atoms with E-state index >= 15 is 0 Å². The Hall–Kier alpha value is -3.66. The van der Waals surface area contributed by atoms with Gasteiger partial charge >= 0.3 is 12.1 Å². The highest BCUT2D eigenvalue weighted by Crippen LogP contribution is 2.30. The van der Waals surface area contributed by atoms with Gasteiger partial charge in [-0.3, -0.25) is 4.79 Å². The van der Waals surface area contributed by atoms with Gasteiger partial charge in [-0.15, -0.1) is 0 Å². The van der Waals surface area contributed by atoms with E-state index in [1.807, 2.05) is 0 Å². The van der Waals surface area contributed by atoms with Gasteiger partial charge in [0.1, 0.15) is 11.4 Å². The van der Waals surface area contributed by atoms with Crippen molar-refractivity contribution in [3.05, 3.63) is 77.7 Å². The molecule has 10 heteroatoms. The molecule has 1 aromatic heterocycles. The Morgan fingerprint density at radius 3 is 2.36 bits per heavy atom. The lowest BCUT2D eigenvalue weighted by Gasteiger charge is -2.24. The maximum absolute atomic E-state index is 14.7. The topological polar surface area (TPSA) is 94.9 Å². The molecule has 0 fully saturated rings. The van der Waals surface area contributed by atoms with E-state index in [1.54, 1.807) is 32.9 Å². The van der Waals surface area contributed by atoms with Gasteiger partial charge in [0.15, 0.2) is 0 Å². The van der Waals surface area contributed by atoms with Crippen molar-refractivity contribution < 1.29 is 31.9 Å². The molecule has 36 heavy (non-hydrogen) atoms. The largest absolute Gasteiger partial charge is 0.469 e. The molecule has 3 rings (SSSR count). The Balaban J connectivity index is 2.06. The number of carbonyl (C=O) groups is 2. The van der Waals surface area contributed by atoms with E-state index in [2.05, 4.69) is 4.74 Å². The van der Waals surface area contributed by atoms with Gasteiger partial charge in [0, 0.05) is 18.8 Å². The van der Waals surface area contributed by atoms with Gasteiger partial charge in [-0.25, -0.2) is 21.6 Å². The van der Waals surface area contributed by atoms with Crippen molar-refractivity contribution in [2.75, 3.05) is 14.2 Å². The average molecular weight is 517 g/mol. The number of nitrogens with zero attached hydrogens (tertiary/aromatic N) is 2. The quantitative estimate of drug-likeness (QED) is 0.426. The number of ether oxygens (including phenoxy) is 2. The number of hydrogen-bond donors (Lipinski definition) is 0. The SMILES string of the molecule is COC(=O)Cc1cccc(S(=O)(=O)n2cc(CN(C)C(=O)OC(C)(C)C)cc2-c2ccccc2F)c1. The van der Waals surface area contributed by atoms with Crippen molar-refractivity contribution in [1.82, 2.24) is 8.87 Å². The lowest BCUT2D eigenvalue weighted by atomic mass is 10.1. The van der Waals surface area contributed by atoms with Crippen LogP contribution in [-0.2, 0) is 37.3 Å². The van der Waals surface area contributed by atoms with Crippen molar-refractivity contribution >= 4 is 22.1 Å². The molecule has 0 spiro atoms.